The first-order valence-corrected chi connectivity index (χ1v) is 8.78. The zero-order chi connectivity index (χ0) is 16.4. The minimum absolute atomic E-state index is 0.00386. The fourth-order valence-corrected chi connectivity index (χ4v) is 3.71. The number of hydrogen-bond donors (Lipinski definition) is 1. The number of amides is 2. The van der Waals surface area contributed by atoms with E-state index in [1.165, 1.54) is 19.3 Å². The second kappa shape index (κ2) is 6.91. The van der Waals surface area contributed by atoms with E-state index >= 15 is 0 Å². The van der Waals surface area contributed by atoms with Gasteiger partial charge in [0.2, 0.25) is 11.8 Å². The molecule has 0 unspecified atom stereocenters. The molecule has 4 nitrogen and oxygen atoms in total. The van der Waals surface area contributed by atoms with Crippen LogP contribution in [0.2, 0.25) is 5.02 Å². The second-order valence-corrected chi connectivity index (χ2v) is 7.20. The Morgan fingerprint density at radius 3 is 2.61 bits per heavy atom. The monoisotopic (exact) mass is 334 g/mol. The Balaban J connectivity index is 1.62. The number of carbonyl (C=O) groups excluding carboxylic acids is 2. The molecule has 2 fully saturated rings. The summed E-state index contributed by atoms with van der Waals surface area (Å²) in [4.78, 5) is 26.5. The number of hydrogen-bond acceptors (Lipinski definition) is 2. The normalized spacial score (nSPS) is 28.0. The van der Waals surface area contributed by atoms with Gasteiger partial charge < -0.3 is 10.2 Å². The Morgan fingerprint density at radius 1 is 1.22 bits per heavy atom. The van der Waals surface area contributed by atoms with Crippen LogP contribution in [-0.2, 0) is 9.59 Å². The molecule has 2 amide bonds. The standard InChI is InChI=1S/C18H23ClN2O2/c1-12-4-2-3-5-16(12)20-18(23)13-10-17(22)21(11-13)15-8-6-14(19)7-9-15/h6-9,12-13,16H,2-5,10-11H2,1H3,(H,20,23)/t12-,13+,16+/m1/s1. The fraction of sp³-hybridized carbons (Fsp3) is 0.556. The average Bonchev–Trinajstić information content (AvgIpc) is 2.92. The van der Waals surface area contributed by atoms with E-state index in [0.29, 0.717) is 17.5 Å². The molecule has 1 aliphatic carbocycles. The maximum absolute atomic E-state index is 12.5. The van der Waals surface area contributed by atoms with E-state index in [1.54, 1.807) is 17.0 Å². The van der Waals surface area contributed by atoms with E-state index in [9.17, 15) is 9.59 Å². The number of rotatable bonds is 3. The van der Waals surface area contributed by atoms with Crippen LogP contribution in [0, 0.1) is 11.8 Å². The predicted octanol–water partition coefficient (Wildman–Crippen LogP) is 3.39. The zero-order valence-corrected chi connectivity index (χ0v) is 14.2. The van der Waals surface area contributed by atoms with Gasteiger partial charge in [0.25, 0.3) is 0 Å². The van der Waals surface area contributed by atoms with Crippen LogP contribution >= 0.6 is 11.6 Å². The molecule has 1 saturated heterocycles. The highest BCUT2D eigenvalue weighted by atomic mass is 35.5. The van der Waals surface area contributed by atoms with E-state index in [1.807, 2.05) is 12.1 Å². The molecular weight excluding hydrogens is 312 g/mol. The molecular formula is C18H23ClN2O2. The molecule has 23 heavy (non-hydrogen) atoms. The van der Waals surface area contributed by atoms with Gasteiger partial charge in [-0.25, -0.2) is 0 Å². The minimum Gasteiger partial charge on any atom is -0.353 e. The van der Waals surface area contributed by atoms with Crippen LogP contribution in [0.4, 0.5) is 5.69 Å². The van der Waals surface area contributed by atoms with Gasteiger partial charge in [-0.15, -0.1) is 0 Å². The van der Waals surface area contributed by atoms with E-state index in [2.05, 4.69) is 12.2 Å². The van der Waals surface area contributed by atoms with Crippen molar-refractivity contribution in [3.63, 3.8) is 0 Å². The summed E-state index contributed by atoms with van der Waals surface area (Å²) < 4.78 is 0. The summed E-state index contributed by atoms with van der Waals surface area (Å²) in [5.74, 6) is 0.294. The maximum Gasteiger partial charge on any atom is 0.227 e. The van der Waals surface area contributed by atoms with Crippen molar-refractivity contribution >= 4 is 29.1 Å². The molecule has 1 N–H and O–H groups in total. The molecule has 0 bridgehead atoms. The average molecular weight is 335 g/mol. The molecule has 1 saturated carbocycles. The first-order valence-electron chi connectivity index (χ1n) is 8.41. The van der Waals surface area contributed by atoms with Gasteiger partial charge in [0, 0.05) is 29.7 Å². The van der Waals surface area contributed by atoms with E-state index in [4.69, 9.17) is 11.6 Å². The molecule has 1 aliphatic heterocycles. The summed E-state index contributed by atoms with van der Waals surface area (Å²) >= 11 is 5.89. The molecule has 1 heterocycles. The van der Waals surface area contributed by atoms with Crippen molar-refractivity contribution < 1.29 is 9.59 Å². The van der Waals surface area contributed by atoms with Crippen LogP contribution < -0.4 is 10.2 Å². The van der Waals surface area contributed by atoms with Gasteiger partial charge in [-0.3, -0.25) is 9.59 Å². The lowest BCUT2D eigenvalue weighted by atomic mass is 9.85. The van der Waals surface area contributed by atoms with Gasteiger partial charge in [-0.1, -0.05) is 31.4 Å². The largest absolute Gasteiger partial charge is 0.353 e. The van der Waals surface area contributed by atoms with Crippen molar-refractivity contribution in [3.05, 3.63) is 29.3 Å². The minimum atomic E-state index is -0.257. The molecule has 1 aromatic carbocycles. The molecule has 3 atom stereocenters. The van der Waals surface area contributed by atoms with Crippen molar-refractivity contribution in [1.29, 1.82) is 0 Å². The quantitative estimate of drug-likeness (QED) is 0.921. The van der Waals surface area contributed by atoms with Crippen molar-refractivity contribution in [2.45, 2.75) is 45.1 Å². The molecule has 5 heteroatoms. The Bertz CT molecular complexity index is 587. The third-order valence-corrected chi connectivity index (χ3v) is 5.33. The molecule has 0 radical (unpaired) electrons. The topological polar surface area (TPSA) is 49.4 Å². The van der Waals surface area contributed by atoms with Gasteiger partial charge >= 0.3 is 0 Å². The number of halogens is 1. The fourth-order valence-electron chi connectivity index (χ4n) is 3.59. The van der Waals surface area contributed by atoms with E-state index < -0.39 is 0 Å². The van der Waals surface area contributed by atoms with Gasteiger partial charge in [-0.05, 0) is 43.0 Å². The van der Waals surface area contributed by atoms with Crippen molar-refractivity contribution in [2.75, 3.05) is 11.4 Å². The van der Waals surface area contributed by atoms with Gasteiger partial charge in [0.05, 0.1) is 5.92 Å². The van der Waals surface area contributed by atoms with Gasteiger partial charge in [-0.2, -0.15) is 0 Å². The van der Waals surface area contributed by atoms with E-state index in [0.717, 1.165) is 12.1 Å². The van der Waals surface area contributed by atoms with Gasteiger partial charge in [0.1, 0.15) is 0 Å². The maximum atomic E-state index is 12.5. The molecule has 0 aromatic heterocycles. The van der Waals surface area contributed by atoms with Crippen LogP contribution in [0.1, 0.15) is 39.0 Å². The summed E-state index contributed by atoms with van der Waals surface area (Å²) in [6.45, 7) is 2.65. The Morgan fingerprint density at radius 2 is 1.91 bits per heavy atom. The lowest BCUT2D eigenvalue weighted by molar-refractivity contribution is -0.127. The summed E-state index contributed by atoms with van der Waals surface area (Å²) in [6.07, 6.45) is 4.94. The van der Waals surface area contributed by atoms with Crippen LogP contribution in [0.25, 0.3) is 0 Å². The molecule has 0 spiro atoms. The summed E-state index contributed by atoms with van der Waals surface area (Å²) in [6, 6.07) is 7.44. The van der Waals surface area contributed by atoms with Crippen LogP contribution in [0.5, 0.6) is 0 Å². The summed E-state index contributed by atoms with van der Waals surface area (Å²) in [5, 5.41) is 3.81. The summed E-state index contributed by atoms with van der Waals surface area (Å²) in [5.41, 5.74) is 0.806. The lowest BCUT2D eigenvalue weighted by Gasteiger charge is -2.30. The number of carbonyl (C=O) groups is 2. The van der Waals surface area contributed by atoms with Crippen LogP contribution in [0.15, 0.2) is 24.3 Å². The highest BCUT2D eigenvalue weighted by molar-refractivity contribution is 6.30. The second-order valence-electron chi connectivity index (χ2n) is 6.76. The van der Waals surface area contributed by atoms with E-state index in [-0.39, 0.29) is 30.2 Å². The smallest absolute Gasteiger partial charge is 0.227 e. The highest BCUT2D eigenvalue weighted by Gasteiger charge is 2.36. The van der Waals surface area contributed by atoms with Crippen LogP contribution in [0.3, 0.4) is 0 Å². The van der Waals surface area contributed by atoms with Crippen molar-refractivity contribution in [2.24, 2.45) is 11.8 Å². The first-order chi connectivity index (χ1) is 11.0. The first kappa shape index (κ1) is 16.3. The number of nitrogens with zero attached hydrogens (tertiary/aromatic N) is 1. The SMILES string of the molecule is C[C@@H]1CCCC[C@@H]1NC(=O)[C@H]1CC(=O)N(c2ccc(Cl)cc2)C1. The molecule has 1 aromatic rings. The van der Waals surface area contributed by atoms with Gasteiger partial charge in [0.15, 0.2) is 0 Å². The summed E-state index contributed by atoms with van der Waals surface area (Å²) in [7, 11) is 0. The predicted molar refractivity (Wildman–Crippen MR) is 91.5 cm³/mol. The zero-order valence-electron chi connectivity index (χ0n) is 13.4. The Kier molecular flexibility index (Phi) is 4.90. The molecule has 124 valence electrons. The number of anilines is 1. The third kappa shape index (κ3) is 3.69. The Hall–Kier alpha value is -1.55. The van der Waals surface area contributed by atoms with Crippen molar-refractivity contribution in [1.82, 2.24) is 5.32 Å². The number of nitrogens with one attached hydrogen (secondary N) is 1. The van der Waals surface area contributed by atoms with Crippen molar-refractivity contribution in [3.8, 4) is 0 Å². The Labute approximate surface area is 142 Å². The third-order valence-electron chi connectivity index (χ3n) is 5.07. The van der Waals surface area contributed by atoms with Crippen LogP contribution in [-0.4, -0.2) is 24.4 Å². The highest BCUT2D eigenvalue weighted by Crippen LogP contribution is 2.28. The number of benzene rings is 1. The molecule has 3 rings (SSSR count). The molecule has 2 aliphatic rings. The lowest BCUT2D eigenvalue weighted by Crippen LogP contribution is -2.44.